The predicted octanol–water partition coefficient (Wildman–Crippen LogP) is 4.55. The fourth-order valence-corrected chi connectivity index (χ4v) is 3.39. The van der Waals surface area contributed by atoms with Crippen molar-refractivity contribution < 1.29 is 4.79 Å². The summed E-state index contributed by atoms with van der Waals surface area (Å²) in [5, 5.41) is 3.09. The van der Waals surface area contributed by atoms with Crippen LogP contribution in [0, 0.1) is 0 Å². The molecule has 0 unspecified atom stereocenters. The Morgan fingerprint density at radius 2 is 2.00 bits per heavy atom. The highest BCUT2D eigenvalue weighted by atomic mass is 16.2. The molecule has 2 aliphatic rings. The number of allylic oxidation sites excluding steroid dienone is 4. The fraction of sp³-hybridized carbons (Fsp3) is 0.450. The van der Waals surface area contributed by atoms with Crippen molar-refractivity contribution in [2.24, 2.45) is 0 Å². The second-order valence-corrected chi connectivity index (χ2v) is 6.35. The first-order chi connectivity index (χ1) is 11.3. The lowest BCUT2D eigenvalue weighted by Gasteiger charge is -2.32. The highest BCUT2D eigenvalue weighted by molar-refractivity contribution is 5.76. The number of urea groups is 1. The molecule has 122 valence electrons. The summed E-state index contributed by atoms with van der Waals surface area (Å²) >= 11 is 0. The van der Waals surface area contributed by atoms with Gasteiger partial charge in [0.2, 0.25) is 0 Å². The fourth-order valence-electron chi connectivity index (χ4n) is 3.39. The summed E-state index contributed by atoms with van der Waals surface area (Å²) in [4.78, 5) is 14.7. The quantitative estimate of drug-likeness (QED) is 0.816. The molecule has 1 N–H and O–H groups in total. The molecular weight excluding hydrogens is 284 g/mol. The number of benzene rings is 1. The van der Waals surface area contributed by atoms with Crippen LogP contribution in [0.4, 0.5) is 4.79 Å². The Bertz CT molecular complexity index is 630. The van der Waals surface area contributed by atoms with Crippen molar-refractivity contribution in [1.29, 1.82) is 0 Å². The van der Waals surface area contributed by atoms with E-state index in [1.807, 2.05) is 4.90 Å². The molecular formula is C20H26N2O. The minimum absolute atomic E-state index is 0.0537. The minimum atomic E-state index is 0.0537. The number of carbonyl (C=O) groups excluding carboxylic acids is 1. The van der Waals surface area contributed by atoms with E-state index < -0.39 is 0 Å². The van der Waals surface area contributed by atoms with Gasteiger partial charge >= 0.3 is 6.03 Å². The van der Waals surface area contributed by atoms with Crippen LogP contribution >= 0.6 is 0 Å². The molecule has 0 saturated heterocycles. The zero-order chi connectivity index (χ0) is 16.1. The van der Waals surface area contributed by atoms with Gasteiger partial charge in [-0.2, -0.15) is 0 Å². The van der Waals surface area contributed by atoms with Gasteiger partial charge < -0.3 is 5.32 Å². The zero-order valence-electron chi connectivity index (χ0n) is 14.0. The van der Waals surface area contributed by atoms with Gasteiger partial charge in [-0.15, -0.1) is 0 Å². The summed E-state index contributed by atoms with van der Waals surface area (Å²) in [6, 6.07) is 8.58. The summed E-state index contributed by atoms with van der Waals surface area (Å²) in [5.41, 5.74) is 5.19. The molecule has 1 aliphatic carbocycles. The summed E-state index contributed by atoms with van der Waals surface area (Å²) < 4.78 is 0. The lowest BCUT2D eigenvalue weighted by atomic mass is 9.92. The summed E-state index contributed by atoms with van der Waals surface area (Å²) in [5.74, 6) is 0. The molecule has 3 heteroatoms. The SMILES string of the molecule is CCCCNC(=O)N1Cc2ccccc2CCC2=C1CCC=C2. The van der Waals surface area contributed by atoms with E-state index in [2.05, 4.69) is 48.7 Å². The average molecular weight is 310 g/mol. The van der Waals surface area contributed by atoms with Gasteiger partial charge in [0.25, 0.3) is 0 Å². The number of carbonyl (C=O) groups is 1. The Morgan fingerprint density at radius 1 is 1.17 bits per heavy atom. The minimum Gasteiger partial charge on any atom is -0.338 e. The van der Waals surface area contributed by atoms with Gasteiger partial charge in [0.1, 0.15) is 0 Å². The van der Waals surface area contributed by atoms with Gasteiger partial charge in [-0.25, -0.2) is 4.79 Å². The third kappa shape index (κ3) is 3.66. The predicted molar refractivity (Wildman–Crippen MR) is 94.0 cm³/mol. The van der Waals surface area contributed by atoms with Crippen molar-refractivity contribution >= 4 is 6.03 Å². The average Bonchev–Trinajstić information content (AvgIpc) is 2.57. The molecule has 1 aromatic carbocycles. The smallest absolute Gasteiger partial charge is 0.321 e. The molecule has 1 aromatic rings. The van der Waals surface area contributed by atoms with E-state index in [0.29, 0.717) is 6.54 Å². The van der Waals surface area contributed by atoms with E-state index in [1.165, 1.54) is 22.4 Å². The van der Waals surface area contributed by atoms with Crippen molar-refractivity contribution in [3.8, 4) is 0 Å². The number of nitrogens with one attached hydrogen (secondary N) is 1. The third-order valence-electron chi connectivity index (χ3n) is 4.73. The molecule has 0 saturated carbocycles. The Hall–Kier alpha value is -2.03. The highest BCUT2D eigenvalue weighted by Crippen LogP contribution is 2.30. The molecule has 3 rings (SSSR count). The molecule has 0 spiro atoms. The van der Waals surface area contributed by atoms with Crippen LogP contribution in [0.25, 0.3) is 0 Å². The number of unbranched alkanes of at least 4 members (excludes halogenated alkanes) is 1. The maximum Gasteiger partial charge on any atom is 0.321 e. The Labute approximate surface area is 139 Å². The molecule has 2 amide bonds. The number of nitrogens with zero attached hydrogens (tertiary/aromatic N) is 1. The first kappa shape index (κ1) is 15.9. The van der Waals surface area contributed by atoms with E-state index >= 15 is 0 Å². The molecule has 0 fully saturated rings. The van der Waals surface area contributed by atoms with Crippen LogP contribution in [0.1, 0.15) is 50.2 Å². The number of hydrogen-bond acceptors (Lipinski definition) is 1. The van der Waals surface area contributed by atoms with E-state index in [0.717, 1.165) is 45.1 Å². The van der Waals surface area contributed by atoms with Gasteiger partial charge in [-0.1, -0.05) is 49.8 Å². The lowest BCUT2D eigenvalue weighted by molar-refractivity contribution is 0.206. The van der Waals surface area contributed by atoms with Crippen LogP contribution in [0.2, 0.25) is 0 Å². The molecule has 23 heavy (non-hydrogen) atoms. The number of rotatable bonds is 3. The van der Waals surface area contributed by atoms with Crippen molar-refractivity contribution in [2.45, 2.75) is 52.0 Å². The van der Waals surface area contributed by atoms with Gasteiger partial charge in [0, 0.05) is 12.2 Å². The second kappa shape index (κ2) is 7.49. The second-order valence-electron chi connectivity index (χ2n) is 6.35. The van der Waals surface area contributed by atoms with Crippen LogP contribution < -0.4 is 5.32 Å². The number of fused-ring (bicyclic) bond motifs is 1. The monoisotopic (exact) mass is 310 g/mol. The van der Waals surface area contributed by atoms with Crippen LogP contribution in [-0.2, 0) is 13.0 Å². The Kier molecular flexibility index (Phi) is 5.16. The van der Waals surface area contributed by atoms with Crippen molar-refractivity contribution in [3.63, 3.8) is 0 Å². The maximum absolute atomic E-state index is 12.8. The molecule has 1 heterocycles. The topological polar surface area (TPSA) is 32.3 Å². The van der Waals surface area contributed by atoms with E-state index in [4.69, 9.17) is 0 Å². The molecule has 0 radical (unpaired) electrons. The van der Waals surface area contributed by atoms with Crippen LogP contribution in [0.5, 0.6) is 0 Å². The third-order valence-corrected chi connectivity index (χ3v) is 4.73. The molecule has 1 aliphatic heterocycles. The van der Waals surface area contributed by atoms with Crippen LogP contribution in [0.3, 0.4) is 0 Å². The van der Waals surface area contributed by atoms with Crippen molar-refractivity contribution in [2.75, 3.05) is 6.54 Å². The van der Waals surface area contributed by atoms with E-state index in [-0.39, 0.29) is 6.03 Å². The molecule has 3 nitrogen and oxygen atoms in total. The molecule has 0 bridgehead atoms. The highest BCUT2D eigenvalue weighted by Gasteiger charge is 2.24. The zero-order valence-corrected chi connectivity index (χ0v) is 14.0. The first-order valence-electron chi connectivity index (χ1n) is 8.80. The Balaban J connectivity index is 1.89. The van der Waals surface area contributed by atoms with Crippen molar-refractivity contribution in [3.05, 3.63) is 58.8 Å². The van der Waals surface area contributed by atoms with Gasteiger partial charge in [0.15, 0.2) is 0 Å². The summed E-state index contributed by atoms with van der Waals surface area (Å²) in [7, 11) is 0. The first-order valence-corrected chi connectivity index (χ1v) is 8.80. The van der Waals surface area contributed by atoms with Gasteiger partial charge in [0.05, 0.1) is 6.54 Å². The van der Waals surface area contributed by atoms with Gasteiger partial charge in [-0.3, -0.25) is 4.90 Å². The largest absolute Gasteiger partial charge is 0.338 e. The van der Waals surface area contributed by atoms with Crippen LogP contribution in [-0.4, -0.2) is 17.5 Å². The van der Waals surface area contributed by atoms with Crippen LogP contribution in [0.15, 0.2) is 47.7 Å². The van der Waals surface area contributed by atoms with E-state index in [1.54, 1.807) is 0 Å². The number of amides is 2. The number of hydrogen-bond donors (Lipinski definition) is 1. The summed E-state index contributed by atoms with van der Waals surface area (Å²) in [6.07, 6.45) is 10.7. The standard InChI is InChI=1S/C20H26N2O/c1-2-3-14-21-20(23)22-15-18-10-5-4-8-16(18)12-13-17-9-6-7-11-19(17)22/h4-6,8-10H,2-3,7,11-15H2,1H3,(H,21,23). The van der Waals surface area contributed by atoms with Crippen molar-refractivity contribution in [1.82, 2.24) is 10.2 Å². The molecule has 0 aromatic heterocycles. The normalized spacial score (nSPS) is 17.2. The van der Waals surface area contributed by atoms with Gasteiger partial charge in [-0.05, 0) is 48.8 Å². The lowest BCUT2D eigenvalue weighted by Crippen LogP contribution is -2.40. The Morgan fingerprint density at radius 3 is 2.83 bits per heavy atom. The summed E-state index contributed by atoms with van der Waals surface area (Å²) in [6.45, 7) is 3.58. The molecule has 0 atom stereocenters. The number of aryl methyl sites for hydroxylation is 1. The maximum atomic E-state index is 12.8. The van der Waals surface area contributed by atoms with E-state index in [9.17, 15) is 4.79 Å².